The molecular formula is C8H11BCuF3S. The van der Waals surface area contributed by atoms with Crippen molar-refractivity contribution >= 4 is 19.3 Å². The van der Waals surface area contributed by atoms with Gasteiger partial charge >= 0.3 is 24.6 Å². The molecule has 1 rings (SSSR count). The van der Waals surface area contributed by atoms with Gasteiger partial charge in [-0.3, -0.25) is 12.9 Å². The monoisotopic (exact) mass is 270 g/mol. The van der Waals surface area contributed by atoms with Crippen molar-refractivity contribution in [3.05, 3.63) is 36.4 Å². The quantitative estimate of drug-likeness (QED) is 0.515. The Morgan fingerprint density at radius 2 is 1.29 bits per heavy atom. The summed E-state index contributed by atoms with van der Waals surface area (Å²) in [6, 6.07) is 12.5. The molecule has 0 bridgehead atoms. The maximum atomic E-state index is 9.67. The minimum Gasteiger partial charge on any atom is -0.254 e. The molecule has 0 aliphatic heterocycles. The maximum absolute atomic E-state index is 9.67. The third kappa shape index (κ3) is 40.5. The van der Waals surface area contributed by atoms with Crippen LogP contribution < -0.4 is 0 Å². The summed E-state index contributed by atoms with van der Waals surface area (Å²) in [6.07, 6.45) is 4.08. The topological polar surface area (TPSA) is 0 Å². The fourth-order valence-corrected chi connectivity index (χ4v) is 0.342. The Bertz CT molecular complexity index is 136. The third-order valence-electron chi connectivity index (χ3n) is 0.607. The van der Waals surface area contributed by atoms with Gasteiger partial charge in [-0.15, -0.1) is 0 Å². The van der Waals surface area contributed by atoms with Crippen molar-refractivity contribution in [1.82, 2.24) is 0 Å². The summed E-state index contributed by atoms with van der Waals surface area (Å²) in [7, 11) is -3.67. The molecule has 0 saturated heterocycles. The fraction of sp³-hybridized carbons (Fsp3) is 0.250. The Morgan fingerprint density at radius 3 is 1.36 bits per heavy atom. The van der Waals surface area contributed by atoms with Crippen LogP contribution in [0, 0.1) is 6.07 Å². The molecule has 0 saturated carbocycles. The van der Waals surface area contributed by atoms with Gasteiger partial charge in [0.2, 0.25) is 0 Å². The van der Waals surface area contributed by atoms with Crippen LogP contribution in [-0.4, -0.2) is 20.1 Å². The zero-order valence-electron chi connectivity index (χ0n) is 7.81. The number of hydrogen-bond acceptors (Lipinski definition) is 1. The summed E-state index contributed by atoms with van der Waals surface area (Å²) in [5.41, 5.74) is 0. The van der Waals surface area contributed by atoms with Crippen LogP contribution in [0.1, 0.15) is 0 Å². The van der Waals surface area contributed by atoms with Crippen molar-refractivity contribution < 1.29 is 30.0 Å². The minimum absolute atomic E-state index is 0. The first kappa shape index (κ1) is 19.5. The van der Waals surface area contributed by atoms with Gasteiger partial charge in [0.05, 0.1) is 0 Å². The van der Waals surface area contributed by atoms with Gasteiger partial charge in [0, 0.05) is 0 Å². The summed E-state index contributed by atoms with van der Waals surface area (Å²) in [5, 5.41) is 0. The van der Waals surface area contributed by atoms with Crippen LogP contribution in [0.2, 0.25) is 0 Å². The molecule has 0 fully saturated rings. The first-order chi connectivity index (χ1) is 6.15. The second-order valence-corrected chi connectivity index (χ2v) is 2.55. The van der Waals surface area contributed by atoms with Crippen molar-refractivity contribution in [2.45, 2.75) is 0 Å². The predicted molar refractivity (Wildman–Crippen MR) is 53.8 cm³/mol. The van der Waals surface area contributed by atoms with Crippen LogP contribution in [0.4, 0.5) is 12.9 Å². The van der Waals surface area contributed by atoms with Gasteiger partial charge in [-0.1, -0.05) is 0 Å². The Hall–Kier alpha value is -0.0556. The SMILES string of the molecule is CSC.FB(F)F.[Cu+].[c-]1ccccc1. The van der Waals surface area contributed by atoms with E-state index >= 15 is 0 Å². The van der Waals surface area contributed by atoms with Crippen molar-refractivity contribution in [3.63, 3.8) is 0 Å². The molecule has 0 aliphatic rings. The van der Waals surface area contributed by atoms with Crippen LogP contribution in [0.25, 0.3) is 0 Å². The van der Waals surface area contributed by atoms with E-state index < -0.39 is 7.54 Å². The average molecular weight is 271 g/mol. The first-order valence-electron chi connectivity index (χ1n) is 3.38. The maximum Gasteiger partial charge on any atom is 1.00 e. The second-order valence-electron chi connectivity index (χ2n) is 1.73. The van der Waals surface area contributed by atoms with E-state index in [1.54, 1.807) is 11.8 Å². The van der Waals surface area contributed by atoms with Crippen LogP contribution >= 0.6 is 11.8 Å². The molecule has 0 aliphatic carbocycles. The number of halogens is 3. The molecule has 0 heterocycles. The molecule has 84 valence electrons. The molecule has 0 amide bonds. The predicted octanol–water partition coefficient (Wildman–Crippen LogP) is 3.34. The van der Waals surface area contributed by atoms with E-state index in [9.17, 15) is 12.9 Å². The molecule has 0 nitrogen and oxygen atoms in total. The standard InChI is InChI=1S/C6H5.C2H6S.BF3.Cu/c1-2-4-6-5-3-1;1-3-2;2-1(3)4;/h1-5H;1-2H3;;/q-1;;;+1. The Balaban J connectivity index is -0.000000135. The molecule has 14 heavy (non-hydrogen) atoms. The molecule has 6 heteroatoms. The van der Waals surface area contributed by atoms with E-state index in [1.807, 2.05) is 42.8 Å². The summed E-state index contributed by atoms with van der Waals surface area (Å²) in [5.74, 6) is 0. The fourth-order valence-electron chi connectivity index (χ4n) is 0.342. The number of hydrogen-bond donors (Lipinski definition) is 0. The summed E-state index contributed by atoms with van der Waals surface area (Å²) in [4.78, 5) is 0. The van der Waals surface area contributed by atoms with E-state index in [0.29, 0.717) is 0 Å². The normalized spacial score (nSPS) is 6.64. The Kier molecular flexibility index (Phi) is 26.0. The molecule has 0 spiro atoms. The van der Waals surface area contributed by atoms with Gasteiger partial charge < -0.3 is 0 Å². The average Bonchev–Trinajstić information content (AvgIpc) is 2.08. The Labute approximate surface area is 98.4 Å². The Morgan fingerprint density at radius 1 is 1.00 bits per heavy atom. The van der Waals surface area contributed by atoms with Crippen molar-refractivity contribution in [2.24, 2.45) is 0 Å². The minimum atomic E-state index is -3.67. The number of rotatable bonds is 0. The number of thioether (sulfide) groups is 1. The summed E-state index contributed by atoms with van der Waals surface area (Å²) >= 11 is 1.75. The van der Waals surface area contributed by atoms with Gasteiger partial charge in [0.1, 0.15) is 0 Å². The van der Waals surface area contributed by atoms with E-state index in [4.69, 9.17) is 0 Å². The second kappa shape index (κ2) is 18.7. The van der Waals surface area contributed by atoms with Crippen LogP contribution in [0.3, 0.4) is 0 Å². The molecular weight excluding hydrogens is 260 g/mol. The smallest absolute Gasteiger partial charge is 0.254 e. The van der Waals surface area contributed by atoms with Gasteiger partial charge in [-0.05, 0) is 12.5 Å². The van der Waals surface area contributed by atoms with Gasteiger partial charge in [-0.2, -0.15) is 48.2 Å². The van der Waals surface area contributed by atoms with Gasteiger partial charge in [-0.25, -0.2) is 0 Å². The summed E-state index contributed by atoms with van der Waals surface area (Å²) in [6.45, 7) is 0. The zero-order valence-corrected chi connectivity index (χ0v) is 9.57. The first-order valence-corrected chi connectivity index (χ1v) is 5.01. The molecule has 0 radical (unpaired) electrons. The molecule has 1 aromatic carbocycles. The largest absolute Gasteiger partial charge is 1.00 e. The van der Waals surface area contributed by atoms with Crippen molar-refractivity contribution in [1.29, 1.82) is 0 Å². The van der Waals surface area contributed by atoms with E-state index in [2.05, 4.69) is 6.07 Å². The van der Waals surface area contributed by atoms with Crippen LogP contribution in [0.15, 0.2) is 30.3 Å². The van der Waals surface area contributed by atoms with E-state index in [1.165, 1.54) is 0 Å². The van der Waals surface area contributed by atoms with Gasteiger partial charge in [0.15, 0.2) is 0 Å². The van der Waals surface area contributed by atoms with Crippen molar-refractivity contribution in [2.75, 3.05) is 12.5 Å². The zero-order chi connectivity index (χ0) is 10.5. The molecule has 0 N–H and O–H groups in total. The molecule has 0 unspecified atom stereocenters. The molecule has 0 aromatic heterocycles. The molecule has 1 aromatic rings. The molecule has 0 atom stereocenters. The van der Waals surface area contributed by atoms with Crippen LogP contribution in [0.5, 0.6) is 0 Å². The third-order valence-corrected chi connectivity index (χ3v) is 0.607. The van der Waals surface area contributed by atoms with E-state index in [-0.39, 0.29) is 17.1 Å². The number of benzene rings is 1. The van der Waals surface area contributed by atoms with Crippen LogP contribution in [-0.2, 0) is 17.1 Å². The van der Waals surface area contributed by atoms with E-state index in [0.717, 1.165) is 0 Å². The van der Waals surface area contributed by atoms with Crippen molar-refractivity contribution in [3.8, 4) is 0 Å². The van der Waals surface area contributed by atoms with Gasteiger partial charge in [0.25, 0.3) is 0 Å². The summed E-state index contributed by atoms with van der Waals surface area (Å²) < 4.78 is 29.0.